The van der Waals surface area contributed by atoms with Gasteiger partial charge in [-0.05, 0) is 37.9 Å². The average molecular weight is 273 g/mol. The van der Waals surface area contributed by atoms with E-state index in [2.05, 4.69) is 10.3 Å². The van der Waals surface area contributed by atoms with Crippen molar-refractivity contribution in [2.24, 2.45) is 0 Å². The molecule has 0 unspecified atom stereocenters. The third-order valence-corrected chi connectivity index (χ3v) is 2.70. The second-order valence-electron chi connectivity index (χ2n) is 4.75. The molecule has 1 heterocycles. The highest BCUT2D eigenvalue weighted by Crippen LogP contribution is 2.14. The normalized spacial score (nSPS) is 10.6. The van der Waals surface area contributed by atoms with E-state index in [4.69, 9.17) is 0 Å². The minimum absolute atomic E-state index is 0.0157. The fourth-order valence-electron chi connectivity index (χ4n) is 1.87. The Bertz CT molecular complexity index is 614. The lowest BCUT2D eigenvalue weighted by atomic mass is 10.2. The molecule has 0 bridgehead atoms. The van der Waals surface area contributed by atoms with Crippen LogP contribution in [-0.4, -0.2) is 29.9 Å². The van der Waals surface area contributed by atoms with Crippen molar-refractivity contribution in [1.29, 1.82) is 0 Å². The highest BCUT2D eigenvalue weighted by atomic mass is 19.1. The molecule has 20 heavy (non-hydrogen) atoms. The van der Waals surface area contributed by atoms with Gasteiger partial charge in [0.2, 0.25) is 0 Å². The summed E-state index contributed by atoms with van der Waals surface area (Å²) in [6, 6.07) is 8.83. The Morgan fingerprint density at radius 1 is 1.35 bits per heavy atom. The SMILES string of the molecule is CN(C)Cc1cccc(NC(=O)c2ccncc2F)c1. The molecule has 0 fully saturated rings. The van der Waals surface area contributed by atoms with E-state index < -0.39 is 11.7 Å². The molecule has 0 aliphatic heterocycles. The van der Waals surface area contributed by atoms with Gasteiger partial charge in [-0.25, -0.2) is 4.39 Å². The molecule has 1 amide bonds. The van der Waals surface area contributed by atoms with E-state index in [-0.39, 0.29) is 5.56 Å². The maximum absolute atomic E-state index is 13.5. The van der Waals surface area contributed by atoms with Crippen LogP contribution < -0.4 is 5.32 Å². The quantitative estimate of drug-likeness (QED) is 0.931. The van der Waals surface area contributed by atoms with Crippen LogP contribution in [0, 0.1) is 5.82 Å². The summed E-state index contributed by atoms with van der Waals surface area (Å²) in [4.78, 5) is 17.6. The molecule has 2 rings (SSSR count). The summed E-state index contributed by atoms with van der Waals surface area (Å²) in [6.45, 7) is 0.771. The van der Waals surface area contributed by atoms with Crippen LogP contribution in [0.5, 0.6) is 0 Å². The van der Waals surface area contributed by atoms with Gasteiger partial charge in [-0.1, -0.05) is 12.1 Å². The van der Waals surface area contributed by atoms with Gasteiger partial charge in [-0.15, -0.1) is 0 Å². The predicted octanol–water partition coefficient (Wildman–Crippen LogP) is 2.53. The smallest absolute Gasteiger partial charge is 0.258 e. The minimum Gasteiger partial charge on any atom is -0.322 e. The van der Waals surface area contributed by atoms with E-state index in [0.29, 0.717) is 5.69 Å². The molecule has 1 N–H and O–H groups in total. The van der Waals surface area contributed by atoms with E-state index in [0.717, 1.165) is 18.3 Å². The maximum atomic E-state index is 13.5. The van der Waals surface area contributed by atoms with Crippen LogP contribution in [0.15, 0.2) is 42.7 Å². The number of pyridine rings is 1. The lowest BCUT2D eigenvalue weighted by molar-refractivity contribution is 0.102. The molecule has 0 saturated heterocycles. The van der Waals surface area contributed by atoms with Gasteiger partial charge < -0.3 is 10.2 Å². The molecule has 104 valence electrons. The van der Waals surface area contributed by atoms with Crippen LogP contribution in [0.2, 0.25) is 0 Å². The highest BCUT2D eigenvalue weighted by molar-refractivity contribution is 6.04. The molecule has 0 aliphatic rings. The summed E-state index contributed by atoms with van der Waals surface area (Å²) in [5.41, 5.74) is 1.70. The fourth-order valence-corrected chi connectivity index (χ4v) is 1.87. The third-order valence-electron chi connectivity index (χ3n) is 2.70. The zero-order valence-corrected chi connectivity index (χ0v) is 11.4. The van der Waals surface area contributed by atoms with Crippen LogP contribution in [0.3, 0.4) is 0 Å². The maximum Gasteiger partial charge on any atom is 0.258 e. The van der Waals surface area contributed by atoms with Crippen molar-refractivity contribution >= 4 is 11.6 Å². The van der Waals surface area contributed by atoms with Gasteiger partial charge in [0.25, 0.3) is 5.91 Å². The molecule has 5 heteroatoms. The minimum atomic E-state index is -0.630. The Hall–Kier alpha value is -2.27. The monoisotopic (exact) mass is 273 g/mol. The number of hydrogen-bond acceptors (Lipinski definition) is 3. The van der Waals surface area contributed by atoms with Crippen LogP contribution in [-0.2, 0) is 6.54 Å². The summed E-state index contributed by atoms with van der Waals surface area (Å²) < 4.78 is 13.5. The first-order valence-electron chi connectivity index (χ1n) is 6.21. The molecular formula is C15H16FN3O. The zero-order chi connectivity index (χ0) is 14.5. The van der Waals surface area contributed by atoms with Crippen molar-refractivity contribution in [2.45, 2.75) is 6.54 Å². The average Bonchev–Trinajstić information content (AvgIpc) is 2.38. The second-order valence-corrected chi connectivity index (χ2v) is 4.75. The molecule has 1 aromatic carbocycles. The van der Waals surface area contributed by atoms with Gasteiger partial charge in [-0.3, -0.25) is 9.78 Å². The largest absolute Gasteiger partial charge is 0.322 e. The number of halogens is 1. The number of anilines is 1. The Morgan fingerprint density at radius 2 is 2.15 bits per heavy atom. The lowest BCUT2D eigenvalue weighted by Gasteiger charge is -2.11. The van der Waals surface area contributed by atoms with Crippen molar-refractivity contribution in [3.8, 4) is 0 Å². The number of amides is 1. The van der Waals surface area contributed by atoms with Crippen LogP contribution in [0.25, 0.3) is 0 Å². The van der Waals surface area contributed by atoms with E-state index in [1.165, 1.54) is 12.3 Å². The fraction of sp³-hybridized carbons (Fsp3) is 0.200. The Balaban J connectivity index is 2.14. The third kappa shape index (κ3) is 3.61. The molecule has 4 nitrogen and oxygen atoms in total. The van der Waals surface area contributed by atoms with E-state index in [1.54, 1.807) is 6.07 Å². The Labute approximate surface area is 117 Å². The number of carbonyl (C=O) groups is 1. The number of hydrogen-bond donors (Lipinski definition) is 1. The van der Waals surface area contributed by atoms with Crippen LogP contribution in [0.4, 0.5) is 10.1 Å². The topological polar surface area (TPSA) is 45.2 Å². The lowest BCUT2D eigenvalue weighted by Crippen LogP contribution is -2.15. The summed E-state index contributed by atoms with van der Waals surface area (Å²) in [7, 11) is 3.94. The van der Waals surface area contributed by atoms with Gasteiger partial charge in [0.1, 0.15) is 0 Å². The predicted molar refractivity (Wildman–Crippen MR) is 76.0 cm³/mol. The first kappa shape index (κ1) is 14.1. The molecule has 0 aliphatic carbocycles. The first-order chi connectivity index (χ1) is 9.56. The number of rotatable bonds is 4. The summed E-state index contributed by atoms with van der Waals surface area (Å²) in [6.07, 6.45) is 2.41. The number of nitrogens with zero attached hydrogens (tertiary/aromatic N) is 2. The number of carbonyl (C=O) groups excluding carboxylic acids is 1. The van der Waals surface area contributed by atoms with Gasteiger partial charge in [0, 0.05) is 18.4 Å². The highest BCUT2D eigenvalue weighted by Gasteiger charge is 2.11. The van der Waals surface area contributed by atoms with Crippen molar-refractivity contribution in [3.05, 3.63) is 59.7 Å². The molecule has 0 atom stereocenters. The molecule has 1 aromatic heterocycles. The van der Waals surface area contributed by atoms with Crippen molar-refractivity contribution in [3.63, 3.8) is 0 Å². The standard InChI is InChI=1S/C15H16FN3O/c1-19(2)10-11-4-3-5-12(8-11)18-15(20)13-6-7-17-9-14(13)16/h3-9H,10H2,1-2H3,(H,18,20). The summed E-state index contributed by atoms with van der Waals surface area (Å²) >= 11 is 0. The first-order valence-corrected chi connectivity index (χ1v) is 6.21. The van der Waals surface area contributed by atoms with Gasteiger partial charge in [0.05, 0.1) is 11.8 Å². The van der Waals surface area contributed by atoms with Crippen LogP contribution in [0.1, 0.15) is 15.9 Å². The van der Waals surface area contributed by atoms with Gasteiger partial charge in [0.15, 0.2) is 5.82 Å². The zero-order valence-electron chi connectivity index (χ0n) is 11.4. The van der Waals surface area contributed by atoms with Crippen molar-refractivity contribution < 1.29 is 9.18 Å². The van der Waals surface area contributed by atoms with Gasteiger partial charge >= 0.3 is 0 Å². The van der Waals surface area contributed by atoms with Crippen molar-refractivity contribution in [1.82, 2.24) is 9.88 Å². The number of benzene rings is 1. The van der Waals surface area contributed by atoms with Crippen LogP contribution >= 0.6 is 0 Å². The number of nitrogens with one attached hydrogen (secondary N) is 1. The van der Waals surface area contributed by atoms with E-state index in [1.807, 2.05) is 37.2 Å². The Morgan fingerprint density at radius 3 is 2.85 bits per heavy atom. The summed E-state index contributed by atoms with van der Waals surface area (Å²) in [5.74, 6) is -1.11. The van der Waals surface area contributed by atoms with E-state index >= 15 is 0 Å². The van der Waals surface area contributed by atoms with Crippen molar-refractivity contribution in [2.75, 3.05) is 19.4 Å². The molecular weight excluding hydrogens is 257 g/mol. The second kappa shape index (κ2) is 6.25. The molecule has 0 spiro atoms. The Kier molecular flexibility index (Phi) is 4.42. The molecule has 2 aromatic rings. The molecule has 0 saturated carbocycles. The summed E-state index contributed by atoms with van der Waals surface area (Å²) in [5, 5.41) is 2.69. The van der Waals surface area contributed by atoms with E-state index in [9.17, 15) is 9.18 Å². The molecule has 0 radical (unpaired) electrons. The number of aromatic nitrogens is 1. The van der Waals surface area contributed by atoms with Gasteiger partial charge in [-0.2, -0.15) is 0 Å².